The van der Waals surface area contributed by atoms with Crippen LogP contribution >= 0.6 is 0 Å². The Hall–Kier alpha value is -1.32. The van der Waals surface area contributed by atoms with Crippen LogP contribution in [0, 0.1) is 45.3 Å². The highest BCUT2D eigenvalue weighted by Crippen LogP contribution is 2.68. The van der Waals surface area contributed by atoms with E-state index in [1.54, 1.807) is 0 Å². The van der Waals surface area contributed by atoms with Gasteiger partial charge in [0.2, 0.25) is 11.6 Å². The van der Waals surface area contributed by atoms with E-state index >= 15 is 0 Å². The summed E-state index contributed by atoms with van der Waals surface area (Å²) in [5.41, 5.74) is -1.59. The van der Waals surface area contributed by atoms with Crippen LogP contribution in [-0.4, -0.2) is 23.1 Å². The van der Waals surface area contributed by atoms with Crippen molar-refractivity contribution in [1.82, 2.24) is 0 Å². The molecule has 0 radical (unpaired) electrons. The van der Waals surface area contributed by atoms with Crippen LogP contribution in [0.5, 0.6) is 0 Å². The second-order valence-corrected chi connectivity index (χ2v) is 10.8. The number of Topliss-reactive ketones (excluding diaryl/α,β-unsaturated/α-hetero) is 4. The molecule has 0 amide bonds. The van der Waals surface area contributed by atoms with Crippen LogP contribution in [0.3, 0.4) is 0 Å². The molecule has 4 aliphatic rings. The number of hydrogen-bond acceptors (Lipinski definition) is 4. The first-order chi connectivity index (χ1) is 11.8. The maximum atomic E-state index is 13.2. The summed E-state index contributed by atoms with van der Waals surface area (Å²) < 4.78 is 0. The van der Waals surface area contributed by atoms with Crippen LogP contribution in [0.4, 0.5) is 0 Å². The second-order valence-electron chi connectivity index (χ2n) is 10.8. The third-order valence-electron chi connectivity index (χ3n) is 9.87. The molecule has 0 aromatic carbocycles. The zero-order valence-corrected chi connectivity index (χ0v) is 16.8. The third-order valence-corrected chi connectivity index (χ3v) is 9.87. The van der Waals surface area contributed by atoms with Crippen molar-refractivity contribution in [2.24, 2.45) is 45.3 Å². The molecule has 0 saturated heterocycles. The van der Waals surface area contributed by atoms with Gasteiger partial charge in [0.25, 0.3) is 0 Å². The minimum atomic E-state index is -0.834. The lowest BCUT2D eigenvalue weighted by Gasteiger charge is -2.32. The Labute approximate surface area is 155 Å². The molecule has 4 heteroatoms. The van der Waals surface area contributed by atoms with E-state index in [-0.39, 0.29) is 34.2 Å². The molecule has 4 nitrogen and oxygen atoms in total. The van der Waals surface area contributed by atoms with Crippen molar-refractivity contribution in [3.8, 4) is 0 Å². The van der Waals surface area contributed by atoms with Crippen LogP contribution in [0.2, 0.25) is 0 Å². The Morgan fingerprint density at radius 1 is 0.692 bits per heavy atom. The summed E-state index contributed by atoms with van der Waals surface area (Å²) in [6, 6.07) is 0. The number of hydrogen-bond donors (Lipinski definition) is 0. The van der Waals surface area contributed by atoms with Gasteiger partial charge >= 0.3 is 0 Å². The fourth-order valence-corrected chi connectivity index (χ4v) is 7.08. The Kier molecular flexibility index (Phi) is 3.29. The lowest BCUT2D eigenvalue weighted by atomic mass is 9.70. The quantitative estimate of drug-likeness (QED) is 0.573. The molecule has 0 heterocycles. The van der Waals surface area contributed by atoms with Gasteiger partial charge in [-0.25, -0.2) is 0 Å². The lowest BCUT2D eigenvalue weighted by molar-refractivity contribution is -0.150. The maximum absolute atomic E-state index is 13.2. The molecule has 0 N–H and O–H groups in total. The number of carbonyl (C=O) groups is 4. The predicted octanol–water partition coefficient (Wildman–Crippen LogP) is 3.41. The summed E-state index contributed by atoms with van der Waals surface area (Å²) in [5.74, 6) is -3.12. The molecule has 4 rings (SSSR count). The zero-order chi connectivity index (χ0) is 19.4. The zero-order valence-electron chi connectivity index (χ0n) is 16.8. The molecule has 142 valence electrons. The largest absolute Gasteiger partial charge is 0.298 e. The van der Waals surface area contributed by atoms with Crippen LogP contribution in [0.15, 0.2) is 0 Å². The first kappa shape index (κ1) is 18.1. The van der Waals surface area contributed by atoms with Crippen LogP contribution in [0.1, 0.15) is 67.2 Å². The second kappa shape index (κ2) is 4.74. The van der Waals surface area contributed by atoms with Crippen LogP contribution in [0.25, 0.3) is 0 Å². The van der Waals surface area contributed by atoms with Gasteiger partial charge < -0.3 is 0 Å². The van der Waals surface area contributed by atoms with Crippen molar-refractivity contribution in [2.75, 3.05) is 0 Å². The Bertz CT molecular complexity index is 696. The minimum Gasteiger partial charge on any atom is -0.298 e. The molecular weight excluding hydrogens is 328 g/mol. The molecule has 26 heavy (non-hydrogen) atoms. The molecule has 4 fully saturated rings. The fraction of sp³-hybridized carbons (Fsp3) is 0.818. The summed E-state index contributed by atoms with van der Waals surface area (Å²) in [7, 11) is 0. The van der Waals surface area contributed by atoms with Gasteiger partial charge in [-0.15, -0.1) is 0 Å². The molecule has 4 bridgehead atoms. The maximum Gasteiger partial charge on any atom is 0.209 e. The van der Waals surface area contributed by atoms with Crippen molar-refractivity contribution in [3.63, 3.8) is 0 Å². The van der Waals surface area contributed by atoms with E-state index in [2.05, 4.69) is 0 Å². The molecule has 0 aliphatic heterocycles. The number of carbonyl (C=O) groups excluding carboxylic acids is 4. The average Bonchev–Trinajstić information content (AvgIpc) is 3.04. The Morgan fingerprint density at radius 2 is 1.00 bits per heavy atom. The van der Waals surface area contributed by atoms with Crippen molar-refractivity contribution >= 4 is 23.1 Å². The van der Waals surface area contributed by atoms with E-state index in [4.69, 9.17) is 0 Å². The van der Waals surface area contributed by atoms with Gasteiger partial charge in [-0.2, -0.15) is 0 Å². The third kappa shape index (κ3) is 1.64. The van der Waals surface area contributed by atoms with Gasteiger partial charge in [0.15, 0.2) is 11.6 Å². The SMILES string of the molecule is CC1(C)[C@@H]2CC[C@@]1(C)C(=O)C2C(=O)C(=O)C1C(=O)[C@]2(C)CC[C@H]1C2(C)C. The molecule has 0 aromatic rings. The summed E-state index contributed by atoms with van der Waals surface area (Å²) >= 11 is 0. The van der Waals surface area contributed by atoms with E-state index in [9.17, 15) is 19.2 Å². The molecule has 0 spiro atoms. The Morgan fingerprint density at radius 3 is 1.23 bits per heavy atom. The first-order valence-electron chi connectivity index (χ1n) is 9.99. The first-order valence-corrected chi connectivity index (χ1v) is 9.99. The van der Waals surface area contributed by atoms with Crippen LogP contribution in [-0.2, 0) is 19.2 Å². The fourth-order valence-electron chi connectivity index (χ4n) is 7.08. The molecule has 2 unspecified atom stereocenters. The summed E-state index contributed by atoms with van der Waals surface area (Å²) in [5, 5.41) is 0. The van der Waals surface area contributed by atoms with Gasteiger partial charge in [-0.1, -0.05) is 41.5 Å². The smallest absolute Gasteiger partial charge is 0.209 e. The van der Waals surface area contributed by atoms with E-state index in [0.717, 1.165) is 25.7 Å². The summed E-state index contributed by atoms with van der Waals surface area (Å²) in [6.45, 7) is 12.1. The van der Waals surface area contributed by atoms with Gasteiger partial charge in [-0.05, 0) is 48.3 Å². The lowest BCUT2D eigenvalue weighted by Crippen LogP contribution is -2.43. The number of ketones is 4. The van der Waals surface area contributed by atoms with Crippen molar-refractivity contribution in [3.05, 3.63) is 0 Å². The molecule has 4 aliphatic carbocycles. The van der Waals surface area contributed by atoms with Gasteiger partial charge in [0.1, 0.15) is 0 Å². The summed E-state index contributed by atoms with van der Waals surface area (Å²) in [6.07, 6.45) is 3.20. The number of rotatable bonds is 3. The van der Waals surface area contributed by atoms with E-state index < -0.39 is 34.2 Å². The van der Waals surface area contributed by atoms with Crippen molar-refractivity contribution < 1.29 is 19.2 Å². The van der Waals surface area contributed by atoms with E-state index in [1.165, 1.54) is 0 Å². The van der Waals surface area contributed by atoms with Gasteiger partial charge in [0, 0.05) is 10.8 Å². The van der Waals surface area contributed by atoms with E-state index in [1.807, 2.05) is 41.5 Å². The molecular formula is C22H30O4. The summed E-state index contributed by atoms with van der Waals surface area (Å²) in [4.78, 5) is 52.4. The van der Waals surface area contributed by atoms with E-state index in [0.29, 0.717) is 0 Å². The van der Waals surface area contributed by atoms with Gasteiger partial charge in [-0.3, -0.25) is 19.2 Å². The van der Waals surface area contributed by atoms with Gasteiger partial charge in [0.05, 0.1) is 11.8 Å². The van der Waals surface area contributed by atoms with Crippen molar-refractivity contribution in [1.29, 1.82) is 0 Å². The monoisotopic (exact) mass is 358 g/mol. The average molecular weight is 358 g/mol. The molecule has 4 saturated carbocycles. The topological polar surface area (TPSA) is 68.3 Å². The van der Waals surface area contributed by atoms with Crippen LogP contribution < -0.4 is 0 Å². The molecule has 6 atom stereocenters. The minimum absolute atomic E-state index is 0.0711. The number of fused-ring (bicyclic) bond motifs is 4. The molecule has 0 aromatic heterocycles. The van der Waals surface area contributed by atoms with Crippen molar-refractivity contribution in [2.45, 2.75) is 67.2 Å². The highest BCUT2D eigenvalue weighted by atomic mass is 16.2. The normalized spacial score (nSPS) is 47.6. The highest BCUT2D eigenvalue weighted by molar-refractivity contribution is 6.46. The highest BCUT2D eigenvalue weighted by Gasteiger charge is 2.71. The predicted molar refractivity (Wildman–Crippen MR) is 96.2 cm³/mol. The standard InChI is InChI=1S/C22H30O4/c1-19(2)11-7-9-21(19,5)17(25)13(11)15(23)16(24)14-12-8-10-22(6,18(14)26)20(12,3)4/h11-14H,7-10H2,1-6H3/t11-,12-,13?,14?,21+,22+/m1/s1. The Balaban J connectivity index is 1.66.